The number of nitrogens with zero attached hydrogens (tertiary/aromatic N) is 4. The molecular weight excluding hydrogens is 640 g/mol. The minimum atomic E-state index is -1.33. The highest BCUT2D eigenvalue weighted by Gasteiger charge is 2.24. The van der Waals surface area contributed by atoms with Crippen molar-refractivity contribution in [3.05, 3.63) is 95.6 Å². The van der Waals surface area contributed by atoms with Crippen LogP contribution in [0.25, 0.3) is 33.5 Å². The first kappa shape index (κ1) is 26.3. The summed E-state index contributed by atoms with van der Waals surface area (Å²) < 4.78 is 13.3. The zero-order valence-corrected chi connectivity index (χ0v) is 23.0. The van der Waals surface area contributed by atoms with Crippen LogP contribution in [0.15, 0.2) is 83.9 Å². The highest BCUT2D eigenvalue weighted by molar-refractivity contribution is 9.10. The SMILES string of the molecule is C[C@@H](Oc1c(Br)cc(C=Nn2c(-c3cc4cc(Br)ccc4o3)nc3ccccc3c2=O)cc1[N+](=O)[O-])C(=O)O. The Morgan fingerprint density at radius 1 is 1.21 bits per heavy atom. The van der Waals surface area contributed by atoms with E-state index in [-0.39, 0.29) is 21.6 Å². The van der Waals surface area contributed by atoms with E-state index in [0.29, 0.717) is 22.2 Å². The Hall–Kier alpha value is -4.36. The molecule has 0 amide bonds. The van der Waals surface area contributed by atoms with Gasteiger partial charge in [-0.2, -0.15) is 9.78 Å². The van der Waals surface area contributed by atoms with Crippen LogP contribution in [-0.2, 0) is 4.79 Å². The number of fused-ring (bicyclic) bond motifs is 2. The Kier molecular flexibility index (Phi) is 7.02. The molecule has 39 heavy (non-hydrogen) atoms. The molecule has 3 aromatic carbocycles. The van der Waals surface area contributed by atoms with Crippen LogP contribution in [0.3, 0.4) is 0 Å². The first-order valence-corrected chi connectivity index (χ1v) is 12.8. The van der Waals surface area contributed by atoms with Gasteiger partial charge in [0, 0.05) is 21.5 Å². The lowest BCUT2D eigenvalue weighted by atomic mass is 10.2. The number of furan rings is 1. The molecule has 1 atom stereocenters. The van der Waals surface area contributed by atoms with Gasteiger partial charge in [-0.1, -0.05) is 28.1 Å². The largest absolute Gasteiger partial charge is 0.479 e. The van der Waals surface area contributed by atoms with Crippen molar-refractivity contribution < 1.29 is 24.0 Å². The van der Waals surface area contributed by atoms with E-state index in [1.807, 2.05) is 12.1 Å². The van der Waals surface area contributed by atoms with Crippen LogP contribution in [0.1, 0.15) is 12.5 Å². The van der Waals surface area contributed by atoms with Crippen LogP contribution < -0.4 is 10.3 Å². The lowest BCUT2D eigenvalue weighted by Gasteiger charge is -2.12. The lowest BCUT2D eigenvalue weighted by molar-refractivity contribution is -0.386. The molecule has 0 saturated heterocycles. The standard InChI is InChI=1S/C26H16Br2N4O7/c1-13(26(34)35)38-23-18(28)8-14(9-20(23)32(36)37)12-29-31-24(30-19-5-3-2-4-17(19)25(31)33)22-11-15-10-16(27)6-7-21(15)39-22/h2-13H,1H3,(H,34,35)/t13-/m1/s1. The molecule has 0 radical (unpaired) electrons. The Bertz CT molecular complexity index is 1880. The van der Waals surface area contributed by atoms with Crippen molar-refractivity contribution in [3.8, 4) is 17.3 Å². The molecule has 2 heterocycles. The van der Waals surface area contributed by atoms with Crippen LogP contribution in [0.4, 0.5) is 5.69 Å². The number of hydrogen-bond donors (Lipinski definition) is 1. The maximum atomic E-state index is 13.5. The Morgan fingerprint density at radius 2 is 1.97 bits per heavy atom. The van der Waals surface area contributed by atoms with Gasteiger partial charge in [0.2, 0.25) is 11.6 Å². The Morgan fingerprint density at radius 3 is 2.72 bits per heavy atom. The predicted octanol–water partition coefficient (Wildman–Crippen LogP) is 5.98. The number of aromatic nitrogens is 2. The fourth-order valence-electron chi connectivity index (χ4n) is 3.79. The number of halogens is 2. The fourth-order valence-corrected chi connectivity index (χ4v) is 4.73. The number of rotatable bonds is 7. The number of carboxylic acids is 1. The number of para-hydroxylation sites is 1. The second kappa shape index (κ2) is 10.4. The molecule has 0 saturated carbocycles. The van der Waals surface area contributed by atoms with Crippen molar-refractivity contribution in [3.63, 3.8) is 0 Å². The second-order valence-electron chi connectivity index (χ2n) is 8.31. The van der Waals surface area contributed by atoms with Crippen LogP contribution in [0, 0.1) is 10.1 Å². The van der Waals surface area contributed by atoms with Gasteiger partial charge in [0.05, 0.1) is 26.5 Å². The van der Waals surface area contributed by atoms with E-state index in [1.54, 1.807) is 36.4 Å². The smallest absolute Gasteiger partial charge is 0.344 e. The zero-order chi connectivity index (χ0) is 27.8. The van der Waals surface area contributed by atoms with E-state index in [9.17, 15) is 19.7 Å². The van der Waals surface area contributed by atoms with E-state index >= 15 is 0 Å². The molecule has 2 aromatic heterocycles. The molecule has 5 rings (SSSR count). The number of hydrogen-bond acceptors (Lipinski definition) is 8. The molecule has 0 bridgehead atoms. The minimum Gasteiger partial charge on any atom is -0.479 e. The summed E-state index contributed by atoms with van der Waals surface area (Å²) in [6, 6.07) is 16.6. The lowest BCUT2D eigenvalue weighted by Crippen LogP contribution is -2.23. The van der Waals surface area contributed by atoms with Crippen molar-refractivity contribution >= 4 is 71.6 Å². The molecule has 0 fully saturated rings. The van der Waals surface area contributed by atoms with Crippen LogP contribution in [0.5, 0.6) is 5.75 Å². The molecule has 0 aliphatic carbocycles. The Balaban J connectivity index is 1.65. The molecule has 11 nitrogen and oxygen atoms in total. The molecule has 0 spiro atoms. The van der Waals surface area contributed by atoms with Crippen LogP contribution in [0.2, 0.25) is 0 Å². The summed E-state index contributed by atoms with van der Waals surface area (Å²) in [5, 5.41) is 26.3. The summed E-state index contributed by atoms with van der Waals surface area (Å²) >= 11 is 6.64. The van der Waals surface area contributed by atoms with Gasteiger partial charge >= 0.3 is 11.7 Å². The van der Waals surface area contributed by atoms with Gasteiger partial charge in [0.1, 0.15) is 5.58 Å². The molecule has 0 aliphatic rings. The van der Waals surface area contributed by atoms with Gasteiger partial charge in [-0.3, -0.25) is 14.9 Å². The molecule has 0 unspecified atom stereocenters. The summed E-state index contributed by atoms with van der Waals surface area (Å²) in [5.41, 5.74) is 0.307. The summed E-state index contributed by atoms with van der Waals surface area (Å²) in [6.45, 7) is 1.26. The number of carboxylic acid groups (broad SMARTS) is 1. The molecule has 5 aromatic rings. The van der Waals surface area contributed by atoms with Crippen molar-refractivity contribution in [2.75, 3.05) is 0 Å². The highest BCUT2D eigenvalue weighted by Crippen LogP contribution is 2.37. The van der Waals surface area contributed by atoms with Crippen LogP contribution >= 0.6 is 31.9 Å². The van der Waals surface area contributed by atoms with Gasteiger partial charge in [-0.25, -0.2) is 9.78 Å². The monoisotopic (exact) mass is 654 g/mol. The second-order valence-corrected chi connectivity index (χ2v) is 10.1. The molecule has 0 aliphatic heterocycles. The third-order valence-corrected chi connectivity index (χ3v) is 6.74. The molecule has 13 heteroatoms. The van der Waals surface area contributed by atoms with Gasteiger partial charge in [-0.15, -0.1) is 0 Å². The third kappa shape index (κ3) is 5.18. The fraction of sp³-hybridized carbons (Fsp3) is 0.0769. The minimum absolute atomic E-state index is 0.131. The average molecular weight is 656 g/mol. The molecule has 196 valence electrons. The van der Waals surface area contributed by atoms with E-state index < -0.39 is 28.2 Å². The van der Waals surface area contributed by atoms with E-state index in [4.69, 9.17) is 14.3 Å². The van der Waals surface area contributed by atoms with Gasteiger partial charge in [0.25, 0.3) is 5.56 Å². The van der Waals surface area contributed by atoms with Crippen molar-refractivity contribution in [2.24, 2.45) is 5.10 Å². The third-order valence-electron chi connectivity index (χ3n) is 5.66. The van der Waals surface area contributed by atoms with Gasteiger partial charge in [0.15, 0.2) is 11.9 Å². The van der Waals surface area contributed by atoms with Crippen molar-refractivity contribution in [1.29, 1.82) is 0 Å². The van der Waals surface area contributed by atoms with Gasteiger partial charge < -0.3 is 14.3 Å². The van der Waals surface area contributed by atoms with Gasteiger partial charge in [-0.05, 0) is 65.3 Å². The summed E-state index contributed by atoms with van der Waals surface area (Å²) in [6.07, 6.45) is -0.0725. The summed E-state index contributed by atoms with van der Waals surface area (Å²) in [7, 11) is 0. The highest BCUT2D eigenvalue weighted by atomic mass is 79.9. The number of ether oxygens (including phenoxy) is 1. The quantitative estimate of drug-likeness (QED) is 0.128. The number of nitro groups is 1. The summed E-state index contributed by atoms with van der Waals surface area (Å²) in [5.74, 6) is -1.10. The normalized spacial score (nSPS) is 12.3. The number of benzene rings is 3. The topological polar surface area (TPSA) is 150 Å². The average Bonchev–Trinajstić information content (AvgIpc) is 3.32. The summed E-state index contributed by atoms with van der Waals surface area (Å²) in [4.78, 5) is 40.3. The molecular formula is C26H16Br2N4O7. The number of nitro benzene ring substituents is 1. The first-order chi connectivity index (χ1) is 18.6. The van der Waals surface area contributed by atoms with E-state index in [1.165, 1.54) is 19.2 Å². The predicted molar refractivity (Wildman–Crippen MR) is 150 cm³/mol. The van der Waals surface area contributed by atoms with E-state index in [2.05, 4.69) is 41.9 Å². The number of carbonyl (C=O) groups is 1. The molecule has 1 N–H and O–H groups in total. The first-order valence-electron chi connectivity index (χ1n) is 11.3. The van der Waals surface area contributed by atoms with E-state index in [0.717, 1.165) is 20.6 Å². The maximum absolute atomic E-state index is 13.5. The zero-order valence-electron chi connectivity index (χ0n) is 19.9. The number of aliphatic carboxylic acids is 1. The van der Waals surface area contributed by atoms with Crippen LogP contribution in [-0.4, -0.2) is 38.0 Å². The Labute approximate surface area is 235 Å². The van der Waals surface area contributed by atoms with Crippen molar-refractivity contribution in [2.45, 2.75) is 13.0 Å². The van der Waals surface area contributed by atoms with Crippen molar-refractivity contribution in [1.82, 2.24) is 9.66 Å². The maximum Gasteiger partial charge on any atom is 0.344 e.